The molecule has 1 unspecified atom stereocenters. The van der Waals surface area contributed by atoms with E-state index in [1.54, 1.807) is 11.3 Å². The lowest BCUT2D eigenvalue weighted by Gasteiger charge is -2.15. The number of rotatable bonds is 4. The fourth-order valence-corrected chi connectivity index (χ4v) is 3.30. The number of benzene rings is 1. The molecular formula is C16H17NOS. The number of hydrogen-bond donors (Lipinski definition) is 1. The lowest BCUT2D eigenvalue weighted by Crippen LogP contribution is -2.17. The Bertz CT molecular complexity index is 669. The van der Waals surface area contributed by atoms with E-state index in [0.29, 0.717) is 0 Å². The molecule has 1 N–H and O–H groups in total. The van der Waals surface area contributed by atoms with Gasteiger partial charge in [-0.25, -0.2) is 0 Å². The molecule has 0 bridgehead atoms. The molecule has 2 aromatic heterocycles. The standard InChI is InChI=1S/C16H17NOS/c1-3-13-15(12-6-4-5-7-14(12)18-13)16(17-2)11-8-9-19-10-11/h4-10,16-17H,3H2,1-2H3. The fourth-order valence-electron chi connectivity index (χ4n) is 2.61. The first-order valence-electron chi connectivity index (χ1n) is 6.54. The zero-order chi connectivity index (χ0) is 13.2. The molecular weight excluding hydrogens is 254 g/mol. The van der Waals surface area contributed by atoms with Gasteiger partial charge in [0, 0.05) is 17.4 Å². The van der Waals surface area contributed by atoms with E-state index in [-0.39, 0.29) is 6.04 Å². The SMILES string of the molecule is CCc1oc2ccccc2c1C(NC)c1ccsc1. The third kappa shape index (κ3) is 2.09. The molecule has 3 rings (SSSR count). The van der Waals surface area contributed by atoms with Crippen molar-refractivity contribution in [2.75, 3.05) is 7.05 Å². The summed E-state index contributed by atoms with van der Waals surface area (Å²) in [6.45, 7) is 2.14. The Morgan fingerprint density at radius 3 is 2.79 bits per heavy atom. The highest BCUT2D eigenvalue weighted by atomic mass is 32.1. The molecule has 3 aromatic rings. The summed E-state index contributed by atoms with van der Waals surface area (Å²) < 4.78 is 5.99. The second-order valence-corrected chi connectivity index (χ2v) is 5.35. The maximum Gasteiger partial charge on any atom is 0.134 e. The van der Waals surface area contributed by atoms with Gasteiger partial charge in [0.1, 0.15) is 11.3 Å². The van der Waals surface area contributed by atoms with Crippen LogP contribution in [0.2, 0.25) is 0 Å². The zero-order valence-electron chi connectivity index (χ0n) is 11.1. The minimum atomic E-state index is 0.199. The van der Waals surface area contributed by atoms with Crippen molar-refractivity contribution in [3.05, 3.63) is 58.0 Å². The summed E-state index contributed by atoms with van der Waals surface area (Å²) in [7, 11) is 2.00. The summed E-state index contributed by atoms with van der Waals surface area (Å²) in [6.07, 6.45) is 0.909. The second kappa shape index (κ2) is 5.19. The molecule has 0 saturated carbocycles. The minimum absolute atomic E-state index is 0.199. The predicted molar refractivity (Wildman–Crippen MR) is 80.8 cm³/mol. The quantitative estimate of drug-likeness (QED) is 0.762. The highest BCUT2D eigenvalue weighted by molar-refractivity contribution is 7.08. The molecule has 98 valence electrons. The van der Waals surface area contributed by atoms with E-state index in [4.69, 9.17) is 4.42 Å². The molecule has 1 aromatic carbocycles. The van der Waals surface area contributed by atoms with Gasteiger partial charge in [0.05, 0.1) is 6.04 Å². The second-order valence-electron chi connectivity index (χ2n) is 4.57. The summed E-state index contributed by atoms with van der Waals surface area (Å²) in [5.41, 5.74) is 3.55. The third-order valence-electron chi connectivity index (χ3n) is 3.49. The van der Waals surface area contributed by atoms with Crippen LogP contribution in [0.5, 0.6) is 0 Å². The summed E-state index contributed by atoms with van der Waals surface area (Å²) >= 11 is 1.73. The smallest absolute Gasteiger partial charge is 0.134 e. The Hall–Kier alpha value is -1.58. The van der Waals surface area contributed by atoms with Gasteiger partial charge in [-0.15, -0.1) is 0 Å². The van der Waals surface area contributed by atoms with Gasteiger partial charge in [-0.2, -0.15) is 11.3 Å². The summed E-state index contributed by atoms with van der Waals surface area (Å²) in [5, 5.41) is 8.95. The van der Waals surface area contributed by atoms with Crippen molar-refractivity contribution in [2.24, 2.45) is 0 Å². The van der Waals surface area contributed by atoms with E-state index in [1.165, 1.54) is 16.5 Å². The molecule has 0 aliphatic heterocycles. The van der Waals surface area contributed by atoms with Crippen LogP contribution in [0, 0.1) is 0 Å². The van der Waals surface area contributed by atoms with Crippen molar-refractivity contribution in [3.63, 3.8) is 0 Å². The van der Waals surface area contributed by atoms with Gasteiger partial charge >= 0.3 is 0 Å². The average Bonchev–Trinajstić information content (AvgIpc) is 3.08. The monoisotopic (exact) mass is 271 g/mol. The van der Waals surface area contributed by atoms with Crippen molar-refractivity contribution in [1.29, 1.82) is 0 Å². The Morgan fingerprint density at radius 2 is 2.11 bits per heavy atom. The van der Waals surface area contributed by atoms with E-state index < -0.39 is 0 Å². The van der Waals surface area contributed by atoms with Gasteiger partial charge in [0.15, 0.2) is 0 Å². The fraction of sp³-hybridized carbons (Fsp3) is 0.250. The topological polar surface area (TPSA) is 25.2 Å². The number of nitrogens with one attached hydrogen (secondary N) is 1. The first-order valence-corrected chi connectivity index (χ1v) is 7.49. The highest BCUT2D eigenvalue weighted by Crippen LogP contribution is 2.35. The number of aryl methyl sites for hydroxylation is 1. The molecule has 0 amide bonds. The van der Waals surface area contributed by atoms with E-state index in [0.717, 1.165) is 17.8 Å². The van der Waals surface area contributed by atoms with Gasteiger partial charge < -0.3 is 9.73 Å². The Kier molecular flexibility index (Phi) is 3.40. The summed E-state index contributed by atoms with van der Waals surface area (Å²) in [6, 6.07) is 10.6. The van der Waals surface area contributed by atoms with Crippen LogP contribution in [0.1, 0.15) is 29.9 Å². The Labute approximate surface area is 117 Å². The van der Waals surface area contributed by atoms with Gasteiger partial charge in [0.2, 0.25) is 0 Å². The maximum absolute atomic E-state index is 5.99. The van der Waals surface area contributed by atoms with E-state index >= 15 is 0 Å². The Balaban J connectivity index is 2.22. The highest BCUT2D eigenvalue weighted by Gasteiger charge is 2.22. The van der Waals surface area contributed by atoms with Crippen molar-refractivity contribution in [2.45, 2.75) is 19.4 Å². The zero-order valence-corrected chi connectivity index (χ0v) is 12.0. The molecule has 0 aliphatic carbocycles. The van der Waals surface area contributed by atoms with Crippen LogP contribution in [0.25, 0.3) is 11.0 Å². The minimum Gasteiger partial charge on any atom is -0.461 e. The first-order chi connectivity index (χ1) is 9.35. The number of furan rings is 1. The molecule has 3 heteroatoms. The van der Waals surface area contributed by atoms with Crippen molar-refractivity contribution < 1.29 is 4.42 Å². The first kappa shape index (κ1) is 12.5. The number of fused-ring (bicyclic) bond motifs is 1. The van der Waals surface area contributed by atoms with Gasteiger partial charge in [-0.1, -0.05) is 25.1 Å². The largest absolute Gasteiger partial charge is 0.461 e. The van der Waals surface area contributed by atoms with Crippen LogP contribution in [-0.2, 0) is 6.42 Å². The van der Waals surface area contributed by atoms with Crippen LogP contribution in [0.3, 0.4) is 0 Å². The summed E-state index contributed by atoms with van der Waals surface area (Å²) in [4.78, 5) is 0. The third-order valence-corrected chi connectivity index (χ3v) is 4.19. The Morgan fingerprint density at radius 1 is 1.26 bits per heavy atom. The number of thiophene rings is 1. The van der Waals surface area contributed by atoms with Crippen molar-refractivity contribution in [3.8, 4) is 0 Å². The van der Waals surface area contributed by atoms with E-state index in [1.807, 2.05) is 19.2 Å². The molecule has 2 heterocycles. The normalized spacial score (nSPS) is 12.9. The van der Waals surface area contributed by atoms with Gasteiger partial charge in [-0.05, 0) is 35.5 Å². The maximum atomic E-state index is 5.99. The lowest BCUT2D eigenvalue weighted by atomic mass is 9.97. The van der Waals surface area contributed by atoms with Crippen LogP contribution in [-0.4, -0.2) is 7.05 Å². The average molecular weight is 271 g/mol. The molecule has 0 aliphatic rings. The molecule has 0 saturated heterocycles. The number of para-hydroxylation sites is 1. The number of hydrogen-bond acceptors (Lipinski definition) is 3. The molecule has 0 radical (unpaired) electrons. The van der Waals surface area contributed by atoms with Crippen LogP contribution in [0.4, 0.5) is 0 Å². The lowest BCUT2D eigenvalue weighted by molar-refractivity contribution is 0.539. The molecule has 2 nitrogen and oxygen atoms in total. The molecule has 0 fully saturated rings. The molecule has 19 heavy (non-hydrogen) atoms. The van der Waals surface area contributed by atoms with Gasteiger partial charge in [0.25, 0.3) is 0 Å². The predicted octanol–water partition coefficient (Wildman–Crippen LogP) is 4.37. The van der Waals surface area contributed by atoms with Crippen LogP contribution in [0.15, 0.2) is 45.5 Å². The van der Waals surface area contributed by atoms with Crippen molar-refractivity contribution in [1.82, 2.24) is 5.32 Å². The molecule has 1 atom stereocenters. The van der Waals surface area contributed by atoms with Crippen LogP contribution >= 0.6 is 11.3 Å². The van der Waals surface area contributed by atoms with Gasteiger partial charge in [-0.3, -0.25) is 0 Å². The van der Waals surface area contributed by atoms with E-state index in [2.05, 4.69) is 41.2 Å². The van der Waals surface area contributed by atoms with E-state index in [9.17, 15) is 0 Å². The summed E-state index contributed by atoms with van der Waals surface area (Å²) in [5.74, 6) is 1.08. The van der Waals surface area contributed by atoms with Crippen molar-refractivity contribution >= 4 is 22.3 Å². The molecule has 0 spiro atoms. The van der Waals surface area contributed by atoms with Crippen LogP contribution < -0.4 is 5.32 Å².